The second-order valence-corrected chi connectivity index (χ2v) is 12.7. The summed E-state index contributed by atoms with van der Waals surface area (Å²) in [6.45, 7) is 8.77. The Morgan fingerprint density at radius 1 is 1.11 bits per heavy atom. The van der Waals surface area contributed by atoms with E-state index in [1.807, 2.05) is 6.08 Å². The molecule has 0 saturated heterocycles. The Morgan fingerprint density at radius 3 is 2.26 bits per heavy atom. The van der Waals surface area contributed by atoms with Gasteiger partial charge in [-0.1, -0.05) is 49.1 Å². The third-order valence-electron chi connectivity index (χ3n) is 4.45. The van der Waals surface area contributed by atoms with Gasteiger partial charge in [0, 0.05) is 6.08 Å². The van der Waals surface area contributed by atoms with E-state index >= 15 is 0 Å². The summed E-state index contributed by atoms with van der Waals surface area (Å²) in [6.07, 6.45) is 2.63. The van der Waals surface area contributed by atoms with E-state index in [0.717, 1.165) is 29.7 Å². The van der Waals surface area contributed by atoms with E-state index in [0.29, 0.717) is 18.6 Å². The van der Waals surface area contributed by atoms with Crippen molar-refractivity contribution in [2.24, 2.45) is 0 Å². The maximum Gasteiger partial charge on any atom is 0.416 e. The molecule has 0 heterocycles. The second-order valence-electron chi connectivity index (χ2n) is 7.57. The minimum Gasteiger partial charge on any atom is -0.463 e. The number of halogens is 3. The molecule has 2 rings (SSSR count). The zero-order valence-corrected chi connectivity index (χ0v) is 17.1. The minimum atomic E-state index is -4.36. The van der Waals surface area contributed by atoms with Crippen molar-refractivity contribution < 1.29 is 22.7 Å². The standard InChI is InChI=1S/C21H25F3O2Si/c1-5-26-20(25)13-15-6-11-19(27(2,3)4)14-17(12-15)16-7-9-18(10-8-16)21(22,23)24/h7-10,12-14H,5-6,11H2,1-4H3/b15-13-. The molecule has 0 unspecified atom stereocenters. The number of benzene rings is 1. The molecule has 0 N–H and O–H groups in total. The summed E-state index contributed by atoms with van der Waals surface area (Å²) < 4.78 is 43.5. The van der Waals surface area contributed by atoms with E-state index in [2.05, 4.69) is 25.7 Å². The van der Waals surface area contributed by atoms with Gasteiger partial charge in [0.25, 0.3) is 0 Å². The average molecular weight is 395 g/mol. The van der Waals surface area contributed by atoms with Crippen molar-refractivity contribution in [1.29, 1.82) is 0 Å². The highest BCUT2D eigenvalue weighted by Gasteiger charge is 2.30. The fourth-order valence-corrected chi connectivity index (χ4v) is 4.37. The Morgan fingerprint density at radius 2 is 1.74 bits per heavy atom. The zero-order chi connectivity index (χ0) is 20.2. The van der Waals surface area contributed by atoms with Gasteiger partial charge in [0.05, 0.1) is 20.2 Å². The fraction of sp³-hybridized carbons (Fsp3) is 0.381. The fourth-order valence-electron chi connectivity index (χ4n) is 2.91. The first-order valence-corrected chi connectivity index (χ1v) is 12.5. The number of carbonyl (C=O) groups is 1. The van der Waals surface area contributed by atoms with Crippen LogP contribution in [0.1, 0.15) is 30.9 Å². The van der Waals surface area contributed by atoms with E-state index in [1.54, 1.807) is 6.92 Å². The number of rotatable bonds is 4. The van der Waals surface area contributed by atoms with Crippen molar-refractivity contribution in [2.45, 2.75) is 45.6 Å². The molecule has 0 spiro atoms. The molecule has 27 heavy (non-hydrogen) atoms. The van der Waals surface area contributed by atoms with Crippen molar-refractivity contribution in [1.82, 2.24) is 0 Å². The molecule has 1 aliphatic rings. The maximum absolute atomic E-state index is 12.8. The van der Waals surface area contributed by atoms with E-state index in [1.165, 1.54) is 23.4 Å². The Bertz CT molecular complexity index is 779. The molecular formula is C21H25F3O2Si. The first-order valence-electron chi connectivity index (χ1n) is 8.98. The van der Waals surface area contributed by atoms with Crippen molar-refractivity contribution in [3.63, 3.8) is 0 Å². The average Bonchev–Trinajstić information content (AvgIpc) is 2.77. The highest BCUT2D eigenvalue weighted by atomic mass is 28.3. The summed E-state index contributed by atoms with van der Waals surface area (Å²) in [7, 11) is -1.59. The van der Waals surface area contributed by atoms with Gasteiger partial charge in [-0.2, -0.15) is 13.2 Å². The van der Waals surface area contributed by atoms with Gasteiger partial charge in [0.15, 0.2) is 0 Å². The van der Waals surface area contributed by atoms with Gasteiger partial charge in [-0.15, -0.1) is 0 Å². The van der Waals surface area contributed by atoms with Crippen molar-refractivity contribution in [3.05, 3.63) is 64.4 Å². The summed E-state index contributed by atoms with van der Waals surface area (Å²) in [5.74, 6) is -0.396. The first kappa shape index (κ1) is 21.2. The van der Waals surface area contributed by atoms with Crippen molar-refractivity contribution in [3.8, 4) is 0 Å². The predicted octanol–water partition coefficient (Wildman–Crippen LogP) is 6.18. The molecule has 0 aliphatic heterocycles. The van der Waals surface area contributed by atoms with Crippen LogP contribution in [0.2, 0.25) is 19.6 Å². The smallest absolute Gasteiger partial charge is 0.416 e. The predicted molar refractivity (Wildman–Crippen MR) is 105 cm³/mol. The van der Waals surface area contributed by atoms with Crippen LogP contribution in [0.25, 0.3) is 5.57 Å². The molecule has 1 aromatic rings. The molecule has 0 saturated carbocycles. The van der Waals surface area contributed by atoms with Gasteiger partial charge in [-0.05, 0) is 48.6 Å². The van der Waals surface area contributed by atoms with Crippen LogP contribution in [-0.4, -0.2) is 20.7 Å². The molecule has 146 valence electrons. The normalized spacial score (nSPS) is 17.2. The summed E-state index contributed by atoms with van der Waals surface area (Å²) in [5, 5.41) is 1.32. The quantitative estimate of drug-likeness (QED) is 0.346. The first-order chi connectivity index (χ1) is 12.5. The highest BCUT2D eigenvalue weighted by Crippen LogP contribution is 2.34. The Labute approximate surface area is 159 Å². The van der Waals surface area contributed by atoms with E-state index < -0.39 is 25.8 Å². The van der Waals surface area contributed by atoms with Crippen LogP contribution in [-0.2, 0) is 15.7 Å². The highest BCUT2D eigenvalue weighted by molar-refractivity contribution is 6.83. The number of carbonyl (C=O) groups excluding carboxylic acids is 1. The molecule has 0 amide bonds. The van der Waals surface area contributed by atoms with Crippen molar-refractivity contribution in [2.75, 3.05) is 6.61 Å². The largest absolute Gasteiger partial charge is 0.463 e. The molecule has 0 bridgehead atoms. The number of hydrogen-bond donors (Lipinski definition) is 0. The summed E-state index contributed by atoms with van der Waals surface area (Å²) in [5.41, 5.74) is 1.69. The molecule has 0 aromatic heterocycles. The van der Waals surface area contributed by atoms with Crippen LogP contribution >= 0.6 is 0 Å². The maximum atomic E-state index is 12.8. The van der Waals surface area contributed by atoms with Crippen LogP contribution in [0.4, 0.5) is 13.2 Å². The monoisotopic (exact) mass is 394 g/mol. The van der Waals surface area contributed by atoms with Gasteiger partial charge in [-0.25, -0.2) is 4.79 Å². The number of hydrogen-bond acceptors (Lipinski definition) is 2. The van der Waals surface area contributed by atoms with Crippen LogP contribution in [0.15, 0.2) is 53.3 Å². The molecule has 0 atom stereocenters. The number of esters is 1. The number of ether oxygens (including phenoxy) is 1. The van der Waals surface area contributed by atoms with E-state index in [4.69, 9.17) is 4.74 Å². The lowest BCUT2D eigenvalue weighted by molar-refractivity contribution is -0.138. The van der Waals surface area contributed by atoms with Crippen LogP contribution in [0.5, 0.6) is 0 Å². The molecule has 0 radical (unpaired) electrons. The third-order valence-corrected chi connectivity index (χ3v) is 6.77. The van der Waals surface area contributed by atoms with E-state index in [9.17, 15) is 18.0 Å². The molecule has 1 aromatic carbocycles. The van der Waals surface area contributed by atoms with Gasteiger partial charge in [0.2, 0.25) is 0 Å². The molecule has 2 nitrogen and oxygen atoms in total. The SMILES string of the molecule is CCOC(=O)/C=C1\C=C(c2ccc(C(F)(F)F)cc2)C=C([Si](C)(C)C)CC1. The lowest BCUT2D eigenvalue weighted by atomic mass is 10.0. The summed E-state index contributed by atoms with van der Waals surface area (Å²) in [6, 6.07) is 5.16. The lowest BCUT2D eigenvalue weighted by Gasteiger charge is -2.20. The van der Waals surface area contributed by atoms with Crippen molar-refractivity contribution >= 4 is 19.6 Å². The van der Waals surface area contributed by atoms with Gasteiger partial charge >= 0.3 is 12.1 Å². The third kappa shape index (κ3) is 5.96. The molecule has 0 fully saturated rings. The van der Waals surface area contributed by atoms with Crippen LogP contribution in [0, 0.1) is 0 Å². The Balaban J connectivity index is 2.46. The molecule has 1 aliphatic carbocycles. The minimum absolute atomic E-state index is 0.302. The second kappa shape index (κ2) is 8.29. The Hall–Kier alpha value is -2.08. The van der Waals surface area contributed by atoms with Crippen LogP contribution < -0.4 is 0 Å². The summed E-state index contributed by atoms with van der Waals surface area (Å²) in [4.78, 5) is 11.8. The molecular weight excluding hydrogens is 369 g/mol. The lowest BCUT2D eigenvalue weighted by Crippen LogP contribution is -2.23. The number of alkyl halides is 3. The topological polar surface area (TPSA) is 26.3 Å². The number of allylic oxidation sites excluding steroid dienone is 5. The summed E-state index contributed by atoms with van der Waals surface area (Å²) >= 11 is 0. The van der Waals surface area contributed by atoms with Gasteiger partial charge in [-0.3, -0.25) is 0 Å². The Kier molecular flexibility index (Phi) is 6.52. The zero-order valence-electron chi connectivity index (χ0n) is 16.1. The molecule has 6 heteroatoms. The van der Waals surface area contributed by atoms with Gasteiger partial charge in [0.1, 0.15) is 0 Å². The van der Waals surface area contributed by atoms with Gasteiger partial charge < -0.3 is 4.74 Å². The van der Waals surface area contributed by atoms with E-state index in [-0.39, 0.29) is 0 Å². The van der Waals surface area contributed by atoms with Crippen LogP contribution in [0.3, 0.4) is 0 Å².